The van der Waals surface area contributed by atoms with Crippen LogP contribution in [-0.4, -0.2) is 42.8 Å². The highest BCUT2D eigenvalue weighted by molar-refractivity contribution is 4.83. The first kappa shape index (κ1) is 16.1. The lowest BCUT2D eigenvalue weighted by molar-refractivity contribution is -0.182. The molecule has 1 aliphatic heterocycles. The number of hydrogen-bond acceptors (Lipinski definition) is 2. The Hall–Kier alpha value is -0.290. The fraction of sp³-hybridized carbons (Fsp3) is 1.00. The molecule has 1 N–H and O–H groups in total. The number of nitrogens with one attached hydrogen (secondary N) is 1. The Kier molecular flexibility index (Phi) is 5.73. The third-order valence-corrected chi connectivity index (χ3v) is 4.69. The minimum atomic E-state index is -4.00. The highest BCUT2D eigenvalue weighted by Gasteiger charge is 2.41. The quantitative estimate of drug-likeness (QED) is 0.852. The van der Waals surface area contributed by atoms with Gasteiger partial charge in [-0.1, -0.05) is 6.42 Å². The molecule has 0 radical (unpaired) electrons. The summed E-state index contributed by atoms with van der Waals surface area (Å²) in [6, 6.07) is 0.647. The second-order valence-corrected chi connectivity index (χ2v) is 6.52. The first-order chi connectivity index (χ1) is 9.45. The van der Waals surface area contributed by atoms with Gasteiger partial charge >= 0.3 is 6.18 Å². The fourth-order valence-corrected chi connectivity index (χ4v) is 3.57. The summed E-state index contributed by atoms with van der Waals surface area (Å²) in [5.74, 6) is -1.07. The molecule has 2 nitrogen and oxygen atoms in total. The molecular weight excluding hydrogens is 265 g/mol. The summed E-state index contributed by atoms with van der Waals surface area (Å²) in [5.41, 5.74) is 0. The van der Waals surface area contributed by atoms with Crippen molar-refractivity contribution in [1.82, 2.24) is 10.2 Å². The van der Waals surface area contributed by atoms with Crippen LogP contribution in [-0.2, 0) is 0 Å². The zero-order valence-corrected chi connectivity index (χ0v) is 12.4. The van der Waals surface area contributed by atoms with Gasteiger partial charge in [0, 0.05) is 18.6 Å². The van der Waals surface area contributed by atoms with E-state index in [1.807, 2.05) is 0 Å². The molecule has 20 heavy (non-hydrogen) atoms. The highest BCUT2D eigenvalue weighted by atomic mass is 19.4. The van der Waals surface area contributed by atoms with Crippen molar-refractivity contribution < 1.29 is 13.2 Å². The van der Waals surface area contributed by atoms with Gasteiger partial charge in [0.1, 0.15) is 0 Å². The largest absolute Gasteiger partial charge is 0.391 e. The summed E-state index contributed by atoms with van der Waals surface area (Å²) in [5, 5.41) is 3.53. The van der Waals surface area contributed by atoms with Gasteiger partial charge in [-0.2, -0.15) is 13.2 Å². The molecular formula is C15H27F3N2. The van der Waals surface area contributed by atoms with Gasteiger partial charge in [-0.25, -0.2) is 0 Å². The van der Waals surface area contributed by atoms with E-state index < -0.39 is 12.1 Å². The van der Waals surface area contributed by atoms with Crippen molar-refractivity contribution in [3.63, 3.8) is 0 Å². The van der Waals surface area contributed by atoms with Crippen molar-refractivity contribution >= 4 is 0 Å². The van der Waals surface area contributed by atoms with Crippen LogP contribution in [0.15, 0.2) is 0 Å². The molecule has 0 aromatic heterocycles. The number of halogens is 3. The van der Waals surface area contributed by atoms with Gasteiger partial charge in [0.2, 0.25) is 0 Å². The van der Waals surface area contributed by atoms with E-state index in [4.69, 9.17) is 0 Å². The van der Waals surface area contributed by atoms with Gasteiger partial charge in [-0.15, -0.1) is 0 Å². The van der Waals surface area contributed by atoms with Crippen molar-refractivity contribution in [3.8, 4) is 0 Å². The Labute approximate surface area is 120 Å². The first-order valence-electron chi connectivity index (χ1n) is 8.00. The third-order valence-electron chi connectivity index (χ3n) is 4.69. The summed E-state index contributed by atoms with van der Waals surface area (Å²) in [4.78, 5) is 2.47. The van der Waals surface area contributed by atoms with Crippen molar-refractivity contribution in [2.45, 2.75) is 70.1 Å². The van der Waals surface area contributed by atoms with Gasteiger partial charge in [0.25, 0.3) is 0 Å². The topological polar surface area (TPSA) is 15.3 Å². The van der Waals surface area contributed by atoms with Crippen LogP contribution in [0.3, 0.4) is 0 Å². The molecule has 1 saturated heterocycles. The fourth-order valence-electron chi connectivity index (χ4n) is 3.57. The van der Waals surface area contributed by atoms with Crippen LogP contribution < -0.4 is 5.32 Å². The lowest BCUT2D eigenvalue weighted by Crippen LogP contribution is -2.47. The van der Waals surface area contributed by atoms with E-state index in [2.05, 4.69) is 17.1 Å². The minimum absolute atomic E-state index is 0.272. The second-order valence-electron chi connectivity index (χ2n) is 6.52. The number of nitrogens with zero attached hydrogens (tertiary/aromatic N) is 1. The van der Waals surface area contributed by atoms with Crippen LogP contribution in [0.2, 0.25) is 0 Å². The van der Waals surface area contributed by atoms with Gasteiger partial charge in [0.15, 0.2) is 0 Å². The third kappa shape index (κ3) is 4.92. The average Bonchev–Trinajstić information content (AvgIpc) is 2.39. The molecule has 1 heterocycles. The molecule has 1 atom stereocenters. The zero-order chi connectivity index (χ0) is 14.6. The number of hydrogen-bond donors (Lipinski definition) is 1. The van der Waals surface area contributed by atoms with Gasteiger partial charge < -0.3 is 10.2 Å². The van der Waals surface area contributed by atoms with Crippen LogP contribution in [0.1, 0.15) is 51.9 Å². The maximum absolute atomic E-state index is 12.6. The molecule has 2 fully saturated rings. The second kappa shape index (κ2) is 7.12. The van der Waals surface area contributed by atoms with Crippen molar-refractivity contribution in [3.05, 3.63) is 0 Å². The Morgan fingerprint density at radius 2 is 1.65 bits per heavy atom. The Bertz CT molecular complexity index is 279. The Morgan fingerprint density at radius 1 is 1.05 bits per heavy atom. The zero-order valence-electron chi connectivity index (χ0n) is 12.4. The monoisotopic (exact) mass is 292 g/mol. The summed E-state index contributed by atoms with van der Waals surface area (Å²) in [7, 11) is 0. The standard InChI is InChI=1S/C15H27F3N2/c1-12(11-20-9-3-2-4-10-20)19-14-7-5-13(6-8-14)15(16,17)18/h12-14,19H,2-11H2,1H3. The predicted octanol–water partition coefficient (Wildman–Crippen LogP) is 3.57. The molecule has 0 bridgehead atoms. The lowest BCUT2D eigenvalue weighted by Gasteiger charge is -2.34. The van der Waals surface area contributed by atoms with Gasteiger partial charge in [-0.05, 0) is 58.5 Å². The van der Waals surface area contributed by atoms with E-state index in [0.717, 1.165) is 6.54 Å². The van der Waals surface area contributed by atoms with Crippen molar-refractivity contribution in [2.24, 2.45) is 5.92 Å². The van der Waals surface area contributed by atoms with E-state index in [0.29, 0.717) is 18.9 Å². The van der Waals surface area contributed by atoms with Crippen LogP contribution in [0.25, 0.3) is 0 Å². The number of alkyl halides is 3. The summed E-state index contributed by atoms with van der Waals surface area (Å²) >= 11 is 0. The van der Waals surface area contributed by atoms with Crippen molar-refractivity contribution in [2.75, 3.05) is 19.6 Å². The Balaban J connectivity index is 1.66. The van der Waals surface area contributed by atoms with Crippen LogP contribution >= 0.6 is 0 Å². The first-order valence-corrected chi connectivity index (χ1v) is 8.00. The van der Waals surface area contributed by atoms with E-state index in [-0.39, 0.29) is 18.9 Å². The molecule has 0 amide bonds. The molecule has 5 heteroatoms. The summed E-state index contributed by atoms with van der Waals surface area (Å²) in [6.07, 6.45) is 1.80. The molecule has 118 valence electrons. The predicted molar refractivity (Wildman–Crippen MR) is 74.7 cm³/mol. The van der Waals surface area contributed by atoms with Gasteiger partial charge in [0.05, 0.1) is 5.92 Å². The molecule has 2 aliphatic rings. The van der Waals surface area contributed by atoms with E-state index in [9.17, 15) is 13.2 Å². The molecule has 1 aliphatic carbocycles. The molecule has 1 unspecified atom stereocenters. The maximum atomic E-state index is 12.6. The van der Waals surface area contributed by atoms with Gasteiger partial charge in [-0.3, -0.25) is 0 Å². The Morgan fingerprint density at radius 3 is 2.20 bits per heavy atom. The summed E-state index contributed by atoms with van der Waals surface area (Å²) in [6.45, 7) is 5.53. The van der Waals surface area contributed by atoms with Crippen LogP contribution in [0.4, 0.5) is 13.2 Å². The lowest BCUT2D eigenvalue weighted by atomic mass is 9.85. The van der Waals surface area contributed by atoms with Crippen molar-refractivity contribution in [1.29, 1.82) is 0 Å². The molecule has 0 spiro atoms. The normalized spacial score (nSPS) is 31.2. The van der Waals surface area contributed by atoms with E-state index in [1.54, 1.807) is 0 Å². The molecule has 0 aromatic carbocycles. The van der Waals surface area contributed by atoms with Crippen LogP contribution in [0, 0.1) is 5.92 Å². The maximum Gasteiger partial charge on any atom is 0.391 e. The summed E-state index contributed by atoms with van der Waals surface area (Å²) < 4.78 is 37.8. The smallest absolute Gasteiger partial charge is 0.310 e. The molecule has 2 rings (SSSR count). The average molecular weight is 292 g/mol. The van der Waals surface area contributed by atoms with E-state index in [1.165, 1.54) is 32.4 Å². The van der Waals surface area contributed by atoms with E-state index >= 15 is 0 Å². The van der Waals surface area contributed by atoms with Crippen LogP contribution in [0.5, 0.6) is 0 Å². The molecule has 1 saturated carbocycles. The molecule has 0 aromatic rings. The number of likely N-dealkylation sites (tertiary alicyclic amines) is 1. The number of rotatable bonds is 4. The SMILES string of the molecule is CC(CN1CCCCC1)NC1CCC(C(F)(F)F)CC1. The number of piperidine rings is 1. The highest BCUT2D eigenvalue weighted by Crippen LogP contribution is 2.37. The minimum Gasteiger partial charge on any atom is -0.310 e.